The Morgan fingerprint density at radius 2 is 1.50 bits per heavy atom. The topological polar surface area (TPSA) is 0 Å². The van der Waals surface area contributed by atoms with Crippen LogP contribution in [-0.2, 0) is 0 Å². The van der Waals surface area contributed by atoms with Gasteiger partial charge in [0.15, 0.2) is 0 Å². The third kappa shape index (κ3) is 5.92. The standard InChI is InChI=1S/C10H20P2/c1-9(2,3)7-12-8(11)10(4,5)6/h7,11H,1-6H3. The van der Waals surface area contributed by atoms with Gasteiger partial charge in [-0.25, -0.2) is 0 Å². The van der Waals surface area contributed by atoms with Gasteiger partial charge in [-0.3, -0.25) is 0 Å². The van der Waals surface area contributed by atoms with Crippen molar-refractivity contribution < 1.29 is 0 Å². The fourth-order valence-electron chi connectivity index (χ4n) is 0.452. The molecule has 70 valence electrons. The molecule has 0 saturated carbocycles. The maximum absolute atomic E-state index is 3.68. The zero-order valence-corrected chi connectivity index (χ0v) is 10.9. The Kier molecular flexibility index (Phi) is 4.15. The van der Waals surface area contributed by atoms with Gasteiger partial charge in [0.2, 0.25) is 0 Å². The number of rotatable bonds is 1. The summed E-state index contributed by atoms with van der Waals surface area (Å²) >= 11 is 0. The number of hydrogen-bond donors (Lipinski definition) is 0. The summed E-state index contributed by atoms with van der Waals surface area (Å²) in [6.45, 7) is 13.3. The molecule has 0 heterocycles. The first-order chi connectivity index (χ1) is 5.13. The monoisotopic (exact) mass is 202 g/mol. The Balaban J connectivity index is 4.30. The van der Waals surface area contributed by atoms with Crippen LogP contribution in [0.2, 0.25) is 0 Å². The molecule has 0 N–H and O–H groups in total. The van der Waals surface area contributed by atoms with Crippen LogP contribution in [0, 0.1) is 10.8 Å². The van der Waals surface area contributed by atoms with E-state index in [0.29, 0.717) is 5.41 Å². The summed E-state index contributed by atoms with van der Waals surface area (Å²) in [6, 6.07) is 0. The zero-order valence-electron chi connectivity index (χ0n) is 9.02. The molecule has 0 aliphatic heterocycles. The quantitative estimate of drug-likeness (QED) is 0.561. The molecule has 0 bridgehead atoms. The lowest BCUT2D eigenvalue weighted by molar-refractivity contribution is 0.609. The minimum Gasteiger partial charge on any atom is -0.113 e. The van der Waals surface area contributed by atoms with E-state index in [-0.39, 0.29) is 5.41 Å². The minimum atomic E-state index is 0.264. The highest BCUT2D eigenvalue weighted by atomic mass is 31.1. The summed E-state index contributed by atoms with van der Waals surface area (Å²) in [7, 11) is 4.98. The highest BCUT2D eigenvalue weighted by Gasteiger charge is 2.14. The lowest BCUT2D eigenvalue weighted by Crippen LogP contribution is -2.13. The average Bonchev–Trinajstić information content (AvgIpc) is 1.78. The second-order valence-electron chi connectivity index (χ2n) is 5.22. The first-order valence-corrected chi connectivity index (χ1v) is 5.73. The van der Waals surface area contributed by atoms with Crippen molar-refractivity contribution in [2.24, 2.45) is 10.8 Å². The lowest BCUT2D eigenvalue weighted by Gasteiger charge is -2.19. The molecular formula is C10H20P2. The summed E-state index contributed by atoms with van der Waals surface area (Å²) in [5.41, 5.74) is 0.574. The molecule has 12 heavy (non-hydrogen) atoms. The van der Waals surface area contributed by atoms with Crippen molar-refractivity contribution in [1.82, 2.24) is 0 Å². The van der Waals surface area contributed by atoms with Gasteiger partial charge in [-0.2, -0.15) is 0 Å². The predicted molar refractivity (Wildman–Crippen MR) is 65.2 cm³/mol. The van der Waals surface area contributed by atoms with Gasteiger partial charge < -0.3 is 0 Å². The van der Waals surface area contributed by atoms with Crippen molar-refractivity contribution in [1.29, 1.82) is 0 Å². The van der Waals surface area contributed by atoms with E-state index in [0.717, 1.165) is 0 Å². The van der Waals surface area contributed by atoms with Crippen LogP contribution < -0.4 is 0 Å². The molecule has 0 radical (unpaired) electrons. The predicted octanol–water partition coefficient (Wildman–Crippen LogP) is 4.10. The van der Waals surface area contributed by atoms with Crippen molar-refractivity contribution in [3.05, 3.63) is 0 Å². The fraction of sp³-hybridized carbons (Fsp3) is 0.800. The van der Waals surface area contributed by atoms with E-state index in [1.165, 1.54) is 13.2 Å². The van der Waals surface area contributed by atoms with E-state index < -0.39 is 0 Å². The van der Waals surface area contributed by atoms with Crippen molar-refractivity contribution in [2.75, 3.05) is 0 Å². The Hall–Kier alpha value is 0.340. The van der Waals surface area contributed by atoms with Gasteiger partial charge in [-0.1, -0.05) is 55.5 Å². The van der Waals surface area contributed by atoms with Gasteiger partial charge in [0.05, 0.1) is 0 Å². The van der Waals surface area contributed by atoms with Gasteiger partial charge in [0.25, 0.3) is 0 Å². The molecule has 0 atom stereocenters. The molecule has 0 aromatic heterocycles. The van der Waals surface area contributed by atoms with Crippen LogP contribution >= 0.6 is 17.1 Å². The third-order valence-corrected chi connectivity index (χ3v) is 4.26. The minimum absolute atomic E-state index is 0.264. The Bertz CT molecular complexity index is 189. The van der Waals surface area contributed by atoms with E-state index in [2.05, 4.69) is 56.2 Å². The molecule has 0 aromatic rings. The molecule has 0 aromatic carbocycles. The summed E-state index contributed by atoms with van der Waals surface area (Å²) in [4.78, 5) is 0. The summed E-state index contributed by atoms with van der Waals surface area (Å²) < 4.78 is 0. The van der Waals surface area contributed by atoms with E-state index in [1.54, 1.807) is 0 Å². The zero-order chi connectivity index (χ0) is 9.99. The molecular weight excluding hydrogens is 182 g/mol. The van der Waals surface area contributed by atoms with E-state index in [1.807, 2.05) is 0 Å². The van der Waals surface area contributed by atoms with E-state index >= 15 is 0 Å². The Morgan fingerprint density at radius 3 is 1.75 bits per heavy atom. The van der Waals surface area contributed by atoms with Crippen LogP contribution in [0.3, 0.4) is 0 Å². The van der Waals surface area contributed by atoms with Crippen LogP contribution in [-0.4, -0.2) is 10.8 Å². The second kappa shape index (κ2) is 4.03. The summed E-state index contributed by atoms with van der Waals surface area (Å²) in [5.74, 6) is 2.32. The molecule has 0 amide bonds. The first-order valence-electron chi connectivity index (χ1n) is 4.27. The molecule has 0 unspecified atom stereocenters. The molecule has 0 nitrogen and oxygen atoms in total. The molecule has 0 rings (SSSR count). The molecule has 0 aliphatic carbocycles. The van der Waals surface area contributed by atoms with Gasteiger partial charge in [0, 0.05) is 5.03 Å². The lowest BCUT2D eigenvalue weighted by atomic mass is 10.0. The van der Waals surface area contributed by atoms with Gasteiger partial charge >= 0.3 is 0 Å². The van der Waals surface area contributed by atoms with Crippen molar-refractivity contribution in [3.8, 4) is 0 Å². The first kappa shape index (κ1) is 12.3. The number of hydrogen-bond acceptors (Lipinski definition) is 0. The molecule has 0 saturated heterocycles. The van der Waals surface area contributed by atoms with Crippen molar-refractivity contribution >= 4 is 27.9 Å². The highest BCUT2D eigenvalue weighted by molar-refractivity contribution is 7.68. The third-order valence-electron chi connectivity index (χ3n) is 1.29. The Labute approximate surface area is 80.8 Å². The average molecular weight is 202 g/mol. The van der Waals surface area contributed by atoms with Crippen LogP contribution in [0.1, 0.15) is 41.5 Å². The summed E-state index contributed by atoms with van der Waals surface area (Å²) in [6.07, 6.45) is 0. The molecule has 0 fully saturated rings. The smallest absolute Gasteiger partial charge is 0.00441 e. The van der Waals surface area contributed by atoms with Crippen LogP contribution in [0.25, 0.3) is 0 Å². The maximum Gasteiger partial charge on any atom is 0.00441 e. The molecule has 0 spiro atoms. The van der Waals surface area contributed by atoms with Crippen LogP contribution in [0.5, 0.6) is 0 Å². The highest BCUT2D eigenvalue weighted by Crippen LogP contribution is 2.26. The molecule has 2 heteroatoms. The largest absolute Gasteiger partial charge is 0.113 e. The van der Waals surface area contributed by atoms with Crippen LogP contribution in [0.4, 0.5) is 0 Å². The normalized spacial score (nSPS) is 13.8. The van der Waals surface area contributed by atoms with Gasteiger partial charge in [-0.05, 0) is 10.8 Å². The fourth-order valence-corrected chi connectivity index (χ4v) is 1.55. The van der Waals surface area contributed by atoms with Gasteiger partial charge in [-0.15, -0.1) is 8.86 Å². The SMILES string of the molecule is CC(C)(C)C=PC(=P)C(C)(C)C. The summed E-state index contributed by atoms with van der Waals surface area (Å²) in [5, 5.41) is 1.34. The Morgan fingerprint density at radius 1 is 1.08 bits per heavy atom. The van der Waals surface area contributed by atoms with Gasteiger partial charge in [0.1, 0.15) is 0 Å². The second-order valence-corrected chi connectivity index (χ2v) is 7.11. The van der Waals surface area contributed by atoms with Crippen molar-refractivity contribution in [3.63, 3.8) is 0 Å². The maximum atomic E-state index is 3.68. The van der Waals surface area contributed by atoms with Crippen LogP contribution in [0.15, 0.2) is 0 Å². The van der Waals surface area contributed by atoms with E-state index in [4.69, 9.17) is 0 Å². The van der Waals surface area contributed by atoms with Crippen molar-refractivity contribution in [2.45, 2.75) is 41.5 Å². The van der Waals surface area contributed by atoms with E-state index in [9.17, 15) is 0 Å². The molecule has 0 aliphatic rings.